The summed E-state index contributed by atoms with van der Waals surface area (Å²) in [6.45, 7) is 2.66. The van der Waals surface area contributed by atoms with Gasteiger partial charge in [-0.1, -0.05) is 54.6 Å². The molecule has 1 aliphatic carbocycles. The summed E-state index contributed by atoms with van der Waals surface area (Å²) in [6, 6.07) is 14.5. The Labute approximate surface area is 189 Å². The summed E-state index contributed by atoms with van der Waals surface area (Å²) in [6.07, 6.45) is 7.70. The Kier molecular flexibility index (Phi) is 8.01. The molecule has 166 valence electrons. The van der Waals surface area contributed by atoms with Gasteiger partial charge in [-0.2, -0.15) is 13.2 Å². The SMILES string of the molecule is Cl.FC(F)(F)c1cccc(C2=CCN(CCc3ccccc3C3CC=CCC3)CC2)c1. The van der Waals surface area contributed by atoms with Crippen molar-refractivity contribution in [1.29, 1.82) is 0 Å². The first-order chi connectivity index (χ1) is 14.5. The van der Waals surface area contributed by atoms with Crippen molar-refractivity contribution in [3.63, 3.8) is 0 Å². The van der Waals surface area contributed by atoms with Gasteiger partial charge in [0.1, 0.15) is 0 Å². The second kappa shape index (κ2) is 10.5. The van der Waals surface area contributed by atoms with Crippen molar-refractivity contribution in [2.45, 2.75) is 44.2 Å². The lowest BCUT2D eigenvalue weighted by Crippen LogP contribution is -2.30. The number of halogens is 4. The fraction of sp³-hybridized carbons (Fsp3) is 0.385. The van der Waals surface area contributed by atoms with Crippen LogP contribution in [0.4, 0.5) is 13.2 Å². The van der Waals surface area contributed by atoms with Crippen LogP contribution < -0.4 is 0 Å². The van der Waals surface area contributed by atoms with Crippen molar-refractivity contribution in [3.05, 3.63) is 89.0 Å². The molecular weight excluding hydrogens is 419 g/mol. The lowest BCUT2D eigenvalue weighted by Gasteiger charge is -2.28. The van der Waals surface area contributed by atoms with E-state index in [1.54, 1.807) is 6.07 Å². The summed E-state index contributed by atoms with van der Waals surface area (Å²) < 4.78 is 39.0. The van der Waals surface area contributed by atoms with Crippen molar-refractivity contribution in [2.24, 2.45) is 0 Å². The quantitative estimate of drug-likeness (QED) is 0.435. The number of allylic oxidation sites excluding steroid dienone is 2. The van der Waals surface area contributed by atoms with Crippen molar-refractivity contribution in [1.82, 2.24) is 4.90 Å². The maximum Gasteiger partial charge on any atom is 0.416 e. The first-order valence-corrected chi connectivity index (χ1v) is 10.8. The average Bonchev–Trinajstić information content (AvgIpc) is 2.78. The normalized spacial score (nSPS) is 19.6. The third-order valence-electron chi connectivity index (χ3n) is 6.32. The van der Waals surface area contributed by atoms with Crippen LogP contribution in [0.5, 0.6) is 0 Å². The summed E-state index contributed by atoms with van der Waals surface area (Å²) >= 11 is 0. The molecule has 0 saturated carbocycles. The van der Waals surface area contributed by atoms with E-state index < -0.39 is 11.7 Å². The highest BCUT2D eigenvalue weighted by atomic mass is 35.5. The van der Waals surface area contributed by atoms with Crippen LogP contribution >= 0.6 is 12.4 Å². The van der Waals surface area contributed by atoms with Crippen molar-refractivity contribution >= 4 is 18.0 Å². The molecule has 2 aromatic rings. The predicted octanol–water partition coefficient (Wildman–Crippen LogP) is 7.28. The van der Waals surface area contributed by atoms with Crippen LogP contribution in [0.25, 0.3) is 5.57 Å². The van der Waals surface area contributed by atoms with Gasteiger partial charge in [-0.05, 0) is 72.4 Å². The summed E-state index contributed by atoms with van der Waals surface area (Å²) in [5.41, 5.74) is 4.06. The van der Waals surface area contributed by atoms with Crippen molar-refractivity contribution in [3.8, 4) is 0 Å². The molecule has 1 unspecified atom stereocenters. The van der Waals surface area contributed by atoms with Crippen LogP contribution in [0, 0.1) is 0 Å². The van der Waals surface area contributed by atoms with E-state index in [-0.39, 0.29) is 12.4 Å². The Bertz CT molecular complexity index is 932. The number of rotatable bonds is 5. The van der Waals surface area contributed by atoms with E-state index in [0.29, 0.717) is 11.5 Å². The van der Waals surface area contributed by atoms with Crippen LogP contribution in [0.1, 0.15) is 53.9 Å². The van der Waals surface area contributed by atoms with Gasteiger partial charge in [0, 0.05) is 19.6 Å². The first-order valence-electron chi connectivity index (χ1n) is 10.8. The van der Waals surface area contributed by atoms with Gasteiger partial charge in [-0.25, -0.2) is 0 Å². The molecular formula is C26H29ClF3N. The highest BCUT2D eigenvalue weighted by Gasteiger charge is 2.30. The monoisotopic (exact) mass is 447 g/mol. The molecule has 0 amide bonds. The van der Waals surface area contributed by atoms with E-state index in [4.69, 9.17) is 0 Å². The zero-order valence-corrected chi connectivity index (χ0v) is 18.4. The summed E-state index contributed by atoms with van der Waals surface area (Å²) in [4.78, 5) is 2.40. The Hall–Kier alpha value is -2.04. The van der Waals surface area contributed by atoms with Gasteiger partial charge in [0.05, 0.1) is 5.56 Å². The molecule has 0 spiro atoms. The fourth-order valence-corrected chi connectivity index (χ4v) is 4.59. The van der Waals surface area contributed by atoms with E-state index in [0.717, 1.165) is 57.0 Å². The third kappa shape index (κ3) is 6.02. The first kappa shape index (κ1) is 23.6. The molecule has 0 bridgehead atoms. The topological polar surface area (TPSA) is 3.24 Å². The van der Waals surface area contributed by atoms with E-state index in [9.17, 15) is 13.2 Å². The molecule has 0 radical (unpaired) electrons. The smallest absolute Gasteiger partial charge is 0.299 e. The van der Waals surface area contributed by atoms with E-state index >= 15 is 0 Å². The molecule has 4 rings (SSSR count). The fourth-order valence-electron chi connectivity index (χ4n) is 4.59. The van der Waals surface area contributed by atoms with Crippen LogP contribution in [0.3, 0.4) is 0 Å². The molecule has 1 atom stereocenters. The number of benzene rings is 2. The zero-order chi connectivity index (χ0) is 21.0. The summed E-state index contributed by atoms with van der Waals surface area (Å²) in [5.74, 6) is 0.625. The third-order valence-corrected chi connectivity index (χ3v) is 6.32. The lowest BCUT2D eigenvalue weighted by molar-refractivity contribution is -0.137. The van der Waals surface area contributed by atoms with Gasteiger partial charge in [-0.15, -0.1) is 12.4 Å². The summed E-state index contributed by atoms with van der Waals surface area (Å²) in [5, 5.41) is 0. The minimum atomic E-state index is -4.29. The number of hydrogen-bond donors (Lipinski definition) is 0. The van der Waals surface area contributed by atoms with Gasteiger partial charge < -0.3 is 0 Å². The standard InChI is InChI=1S/C26H28F3N.ClH/c27-26(28,29)24-11-6-10-23(19-24)20-13-16-30(17-14-20)18-15-22-9-4-5-12-25(22)21-7-2-1-3-8-21;/h1-2,4-6,9-13,19,21H,3,7-8,14-18H2;1H. The Balaban J connectivity index is 0.00000272. The highest BCUT2D eigenvalue weighted by Crippen LogP contribution is 2.33. The maximum atomic E-state index is 13.0. The molecule has 5 heteroatoms. The van der Waals surface area contributed by atoms with Gasteiger partial charge in [0.2, 0.25) is 0 Å². The van der Waals surface area contributed by atoms with Gasteiger partial charge in [-0.3, -0.25) is 4.90 Å². The van der Waals surface area contributed by atoms with Crippen LogP contribution in [0.2, 0.25) is 0 Å². The Morgan fingerprint density at radius 1 is 1.00 bits per heavy atom. The molecule has 0 saturated heterocycles. The predicted molar refractivity (Wildman–Crippen MR) is 124 cm³/mol. The molecule has 1 aliphatic heterocycles. The average molecular weight is 448 g/mol. The second-order valence-electron chi connectivity index (χ2n) is 8.29. The molecule has 2 aromatic carbocycles. The Morgan fingerprint density at radius 2 is 1.84 bits per heavy atom. The van der Waals surface area contributed by atoms with Gasteiger partial charge in [0.25, 0.3) is 0 Å². The Morgan fingerprint density at radius 3 is 2.55 bits per heavy atom. The van der Waals surface area contributed by atoms with Crippen molar-refractivity contribution in [2.75, 3.05) is 19.6 Å². The maximum absolute atomic E-state index is 13.0. The van der Waals surface area contributed by atoms with Crippen molar-refractivity contribution < 1.29 is 13.2 Å². The lowest BCUT2D eigenvalue weighted by atomic mass is 9.84. The zero-order valence-electron chi connectivity index (χ0n) is 17.6. The second-order valence-corrected chi connectivity index (χ2v) is 8.29. The van der Waals surface area contributed by atoms with Crippen LogP contribution in [-0.4, -0.2) is 24.5 Å². The molecule has 2 aliphatic rings. The minimum Gasteiger partial charge on any atom is -0.299 e. The molecule has 1 nitrogen and oxygen atoms in total. The van der Waals surface area contributed by atoms with E-state index in [1.807, 2.05) is 0 Å². The summed E-state index contributed by atoms with van der Waals surface area (Å²) in [7, 11) is 0. The number of hydrogen-bond acceptors (Lipinski definition) is 1. The molecule has 0 fully saturated rings. The van der Waals surface area contributed by atoms with E-state index in [1.165, 1.54) is 29.7 Å². The molecule has 0 aromatic heterocycles. The molecule has 1 heterocycles. The van der Waals surface area contributed by atoms with Crippen LogP contribution in [-0.2, 0) is 12.6 Å². The van der Waals surface area contributed by atoms with Gasteiger partial charge in [0.15, 0.2) is 0 Å². The van der Waals surface area contributed by atoms with Gasteiger partial charge >= 0.3 is 6.18 Å². The van der Waals surface area contributed by atoms with Crippen LogP contribution in [0.15, 0.2) is 66.8 Å². The highest BCUT2D eigenvalue weighted by molar-refractivity contribution is 5.85. The van der Waals surface area contributed by atoms with E-state index in [2.05, 4.69) is 47.4 Å². The number of alkyl halides is 3. The molecule has 31 heavy (non-hydrogen) atoms. The minimum absolute atomic E-state index is 0. The largest absolute Gasteiger partial charge is 0.416 e. The molecule has 0 N–H and O–H groups in total. The number of nitrogens with zero attached hydrogens (tertiary/aromatic N) is 1.